The molecule has 2 rings (SSSR count). The van der Waals surface area contributed by atoms with Crippen LogP contribution in [0.2, 0.25) is 0 Å². The summed E-state index contributed by atoms with van der Waals surface area (Å²) in [6.45, 7) is 11.6. The van der Waals surface area contributed by atoms with E-state index >= 15 is 0 Å². The highest BCUT2D eigenvalue weighted by Gasteiger charge is 2.26. The molecule has 18 heavy (non-hydrogen) atoms. The molecule has 1 heteroatoms. The van der Waals surface area contributed by atoms with Gasteiger partial charge < -0.3 is 5.32 Å². The molecule has 100 valence electrons. The molecule has 1 aromatic carbocycles. The van der Waals surface area contributed by atoms with Crippen LogP contribution >= 0.6 is 0 Å². The summed E-state index contributed by atoms with van der Waals surface area (Å²) in [5.74, 6) is 0. The monoisotopic (exact) mass is 245 g/mol. The van der Waals surface area contributed by atoms with Gasteiger partial charge in [0.05, 0.1) is 0 Å². The second kappa shape index (κ2) is 5.05. The van der Waals surface area contributed by atoms with Crippen LogP contribution in [0.25, 0.3) is 0 Å². The number of hydrogen-bond donors (Lipinski definition) is 1. The van der Waals surface area contributed by atoms with E-state index in [0.29, 0.717) is 5.41 Å². The van der Waals surface area contributed by atoms with Gasteiger partial charge in [0.15, 0.2) is 0 Å². The average Bonchev–Trinajstić information content (AvgIpc) is 2.29. The van der Waals surface area contributed by atoms with Gasteiger partial charge in [-0.3, -0.25) is 0 Å². The van der Waals surface area contributed by atoms with Crippen molar-refractivity contribution >= 4 is 0 Å². The van der Waals surface area contributed by atoms with Crippen molar-refractivity contribution in [2.24, 2.45) is 5.41 Å². The van der Waals surface area contributed by atoms with Crippen LogP contribution in [0.15, 0.2) is 24.3 Å². The first-order valence-corrected chi connectivity index (χ1v) is 7.19. The Morgan fingerprint density at radius 2 is 1.61 bits per heavy atom. The first kappa shape index (κ1) is 13.6. The molecular formula is C17H27N. The highest BCUT2D eigenvalue weighted by molar-refractivity contribution is 5.28. The fourth-order valence-electron chi connectivity index (χ4n) is 2.82. The second-order valence-corrected chi connectivity index (χ2v) is 7.18. The summed E-state index contributed by atoms with van der Waals surface area (Å²) in [7, 11) is 0. The van der Waals surface area contributed by atoms with Crippen LogP contribution < -0.4 is 5.32 Å². The molecular weight excluding hydrogens is 218 g/mol. The molecule has 0 aromatic heterocycles. The molecule has 0 radical (unpaired) electrons. The van der Waals surface area contributed by atoms with Crippen LogP contribution in [0, 0.1) is 5.41 Å². The lowest BCUT2D eigenvalue weighted by atomic mass is 9.76. The SMILES string of the molecule is CC1(Cc2ccc(C(C)(C)C)cc2)CCNCC1. The lowest BCUT2D eigenvalue weighted by Gasteiger charge is -2.34. The van der Waals surface area contributed by atoms with Crippen LogP contribution in [0.5, 0.6) is 0 Å². The molecule has 1 N–H and O–H groups in total. The van der Waals surface area contributed by atoms with Crippen LogP contribution in [0.4, 0.5) is 0 Å². The van der Waals surface area contributed by atoms with Crippen LogP contribution in [0.1, 0.15) is 51.7 Å². The van der Waals surface area contributed by atoms with Crippen molar-refractivity contribution in [2.75, 3.05) is 13.1 Å². The minimum atomic E-state index is 0.261. The molecule has 0 saturated carbocycles. The van der Waals surface area contributed by atoms with Gasteiger partial charge in [-0.1, -0.05) is 52.0 Å². The second-order valence-electron chi connectivity index (χ2n) is 7.18. The first-order chi connectivity index (χ1) is 8.39. The molecule has 1 aliphatic heterocycles. The highest BCUT2D eigenvalue weighted by Crippen LogP contribution is 2.32. The predicted molar refractivity (Wildman–Crippen MR) is 79.1 cm³/mol. The van der Waals surface area contributed by atoms with Crippen molar-refractivity contribution in [3.8, 4) is 0 Å². The zero-order chi connectivity index (χ0) is 13.2. The van der Waals surface area contributed by atoms with Crippen molar-refractivity contribution in [1.29, 1.82) is 0 Å². The standard InChI is InChI=1S/C17H27N/c1-16(2,3)15-7-5-14(6-8-15)13-17(4)9-11-18-12-10-17/h5-8,18H,9-13H2,1-4H3. The fraction of sp³-hybridized carbons (Fsp3) is 0.647. The number of rotatable bonds is 2. The Kier molecular flexibility index (Phi) is 3.82. The molecule has 0 spiro atoms. The molecule has 1 aliphatic rings. The highest BCUT2D eigenvalue weighted by atomic mass is 14.9. The number of piperidine rings is 1. The van der Waals surface area contributed by atoms with E-state index in [1.807, 2.05) is 0 Å². The van der Waals surface area contributed by atoms with Gasteiger partial charge in [-0.25, -0.2) is 0 Å². The van der Waals surface area contributed by atoms with E-state index in [-0.39, 0.29) is 5.41 Å². The van der Waals surface area contributed by atoms with Gasteiger partial charge in [0.25, 0.3) is 0 Å². The van der Waals surface area contributed by atoms with Crippen molar-refractivity contribution in [1.82, 2.24) is 5.32 Å². The zero-order valence-corrected chi connectivity index (χ0v) is 12.3. The number of nitrogens with one attached hydrogen (secondary N) is 1. The lowest BCUT2D eigenvalue weighted by molar-refractivity contribution is 0.228. The van der Waals surface area contributed by atoms with Crippen molar-refractivity contribution in [3.63, 3.8) is 0 Å². The van der Waals surface area contributed by atoms with Crippen molar-refractivity contribution in [3.05, 3.63) is 35.4 Å². The van der Waals surface area contributed by atoms with E-state index in [9.17, 15) is 0 Å². The van der Waals surface area contributed by atoms with Crippen molar-refractivity contribution in [2.45, 2.75) is 52.4 Å². The molecule has 0 atom stereocenters. The van der Waals surface area contributed by atoms with Gasteiger partial charge in [0.2, 0.25) is 0 Å². The quantitative estimate of drug-likeness (QED) is 0.833. The molecule has 1 heterocycles. The summed E-state index contributed by atoms with van der Waals surface area (Å²) in [5, 5.41) is 3.45. The van der Waals surface area contributed by atoms with Gasteiger partial charge in [-0.05, 0) is 54.3 Å². The van der Waals surface area contributed by atoms with Crippen LogP contribution in [-0.4, -0.2) is 13.1 Å². The molecule has 1 nitrogen and oxygen atoms in total. The Hall–Kier alpha value is -0.820. The predicted octanol–water partition coefficient (Wildman–Crippen LogP) is 3.92. The van der Waals surface area contributed by atoms with Crippen LogP contribution in [-0.2, 0) is 11.8 Å². The van der Waals surface area contributed by atoms with E-state index in [0.717, 1.165) is 0 Å². The third-order valence-corrected chi connectivity index (χ3v) is 4.26. The Morgan fingerprint density at radius 1 is 1.06 bits per heavy atom. The summed E-state index contributed by atoms with van der Waals surface area (Å²) >= 11 is 0. The van der Waals surface area contributed by atoms with Gasteiger partial charge >= 0.3 is 0 Å². The fourth-order valence-corrected chi connectivity index (χ4v) is 2.82. The Balaban J connectivity index is 2.06. The summed E-state index contributed by atoms with van der Waals surface area (Å²) < 4.78 is 0. The van der Waals surface area contributed by atoms with E-state index in [1.165, 1.54) is 43.5 Å². The summed E-state index contributed by atoms with van der Waals surface area (Å²) in [5.41, 5.74) is 3.68. The third kappa shape index (κ3) is 3.35. The number of hydrogen-bond acceptors (Lipinski definition) is 1. The van der Waals surface area contributed by atoms with Crippen LogP contribution in [0.3, 0.4) is 0 Å². The summed E-state index contributed by atoms with van der Waals surface area (Å²) in [4.78, 5) is 0. The Morgan fingerprint density at radius 3 is 2.11 bits per heavy atom. The van der Waals surface area contributed by atoms with Gasteiger partial charge in [-0.15, -0.1) is 0 Å². The Labute approximate surface area is 112 Å². The van der Waals surface area contributed by atoms with E-state index in [4.69, 9.17) is 0 Å². The minimum Gasteiger partial charge on any atom is -0.317 e. The molecule has 1 fully saturated rings. The molecule has 1 saturated heterocycles. The molecule has 0 bridgehead atoms. The maximum atomic E-state index is 3.45. The zero-order valence-electron chi connectivity index (χ0n) is 12.3. The topological polar surface area (TPSA) is 12.0 Å². The van der Waals surface area contributed by atoms with Gasteiger partial charge in [-0.2, -0.15) is 0 Å². The maximum Gasteiger partial charge on any atom is -0.00436 e. The maximum absolute atomic E-state index is 3.45. The smallest absolute Gasteiger partial charge is 0.00436 e. The third-order valence-electron chi connectivity index (χ3n) is 4.26. The Bertz CT molecular complexity index is 377. The number of benzene rings is 1. The van der Waals surface area contributed by atoms with E-state index < -0.39 is 0 Å². The molecule has 0 amide bonds. The first-order valence-electron chi connectivity index (χ1n) is 7.19. The average molecular weight is 245 g/mol. The lowest BCUT2D eigenvalue weighted by Crippen LogP contribution is -2.36. The largest absolute Gasteiger partial charge is 0.317 e. The van der Waals surface area contributed by atoms with Crippen molar-refractivity contribution < 1.29 is 0 Å². The summed E-state index contributed by atoms with van der Waals surface area (Å²) in [6.07, 6.45) is 3.82. The molecule has 1 aromatic rings. The van der Waals surface area contributed by atoms with Gasteiger partial charge in [0, 0.05) is 0 Å². The van der Waals surface area contributed by atoms with Gasteiger partial charge in [0.1, 0.15) is 0 Å². The molecule has 0 unspecified atom stereocenters. The van der Waals surface area contributed by atoms with E-state index in [2.05, 4.69) is 57.3 Å². The normalized spacial score (nSPS) is 19.8. The molecule has 0 aliphatic carbocycles. The van der Waals surface area contributed by atoms with E-state index in [1.54, 1.807) is 0 Å². The summed E-state index contributed by atoms with van der Waals surface area (Å²) in [6, 6.07) is 9.27. The minimum absolute atomic E-state index is 0.261.